The molecule has 0 amide bonds. The molecule has 2 heterocycles. The van der Waals surface area contributed by atoms with E-state index in [0.29, 0.717) is 22.2 Å². The Balaban J connectivity index is 2.08. The van der Waals surface area contributed by atoms with Gasteiger partial charge >= 0.3 is 5.69 Å². The van der Waals surface area contributed by atoms with Crippen molar-refractivity contribution in [1.82, 2.24) is 14.2 Å². The topological polar surface area (TPSA) is 39.3 Å². The monoisotopic (exact) mass is 293 g/mol. The molecule has 19 heavy (non-hydrogen) atoms. The molecule has 0 spiro atoms. The van der Waals surface area contributed by atoms with Gasteiger partial charge in [0, 0.05) is 16.2 Å². The van der Waals surface area contributed by atoms with Crippen LogP contribution in [0.1, 0.15) is 5.56 Å². The highest BCUT2D eigenvalue weighted by Gasteiger charge is 2.09. The predicted octanol–water partition coefficient (Wildman–Crippen LogP) is 2.85. The first kappa shape index (κ1) is 12.3. The molecule has 3 rings (SSSR count). The summed E-state index contributed by atoms with van der Waals surface area (Å²) in [6, 6.07) is 10.5. The molecule has 0 aliphatic heterocycles. The van der Waals surface area contributed by atoms with E-state index in [1.807, 2.05) is 6.07 Å². The average molecular weight is 294 g/mol. The summed E-state index contributed by atoms with van der Waals surface area (Å²) in [5.41, 5.74) is 1.16. The zero-order valence-corrected chi connectivity index (χ0v) is 11.3. The highest BCUT2D eigenvalue weighted by Crippen LogP contribution is 2.21. The van der Waals surface area contributed by atoms with E-state index in [9.17, 15) is 4.79 Å². The summed E-state index contributed by atoms with van der Waals surface area (Å²) in [4.78, 5) is 12.1. The van der Waals surface area contributed by atoms with Gasteiger partial charge < -0.3 is 0 Å². The molecule has 96 valence electrons. The molecule has 4 nitrogen and oxygen atoms in total. The van der Waals surface area contributed by atoms with Gasteiger partial charge in [0.2, 0.25) is 0 Å². The summed E-state index contributed by atoms with van der Waals surface area (Å²) < 4.78 is 2.85. The van der Waals surface area contributed by atoms with Crippen molar-refractivity contribution in [3.8, 4) is 0 Å². The molecular weight excluding hydrogens is 285 g/mol. The van der Waals surface area contributed by atoms with Gasteiger partial charge in [-0.1, -0.05) is 29.3 Å². The number of aromatic nitrogens is 3. The van der Waals surface area contributed by atoms with Crippen LogP contribution >= 0.6 is 23.2 Å². The van der Waals surface area contributed by atoms with Crippen molar-refractivity contribution in [3.05, 3.63) is 68.7 Å². The molecule has 0 saturated heterocycles. The molecule has 0 atom stereocenters. The number of halogens is 2. The fourth-order valence-electron chi connectivity index (χ4n) is 1.90. The van der Waals surface area contributed by atoms with Crippen molar-refractivity contribution < 1.29 is 0 Å². The van der Waals surface area contributed by atoms with Gasteiger partial charge in [-0.15, -0.1) is 5.10 Å². The van der Waals surface area contributed by atoms with Crippen LogP contribution in [0.25, 0.3) is 5.65 Å². The highest BCUT2D eigenvalue weighted by molar-refractivity contribution is 6.33. The first-order chi connectivity index (χ1) is 9.15. The minimum Gasteiger partial charge on any atom is -0.250 e. The van der Waals surface area contributed by atoms with Gasteiger partial charge in [-0.2, -0.15) is 0 Å². The fourth-order valence-corrected chi connectivity index (χ4v) is 2.27. The number of pyridine rings is 1. The predicted molar refractivity (Wildman–Crippen MR) is 75.0 cm³/mol. The zero-order chi connectivity index (χ0) is 13.4. The van der Waals surface area contributed by atoms with Gasteiger partial charge in [0.15, 0.2) is 5.65 Å². The molecule has 0 saturated carbocycles. The normalized spacial score (nSPS) is 11.1. The van der Waals surface area contributed by atoms with E-state index in [1.54, 1.807) is 36.5 Å². The molecule has 0 fully saturated rings. The van der Waals surface area contributed by atoms with E-state index in [1.165, 1.54) is 9.08 Å². The van der Waals surface area contributed by atoms with E-state index >= 15 is 0 Å². The third kappa shape index (κ3) is 2.25. The van der Waals surface area contributed by atoms with Crippen molar-refractivity contribution in [1.29, 1.82) is 0 Å². The number of rotatable bonds is 2. The quantitative estimate of drug-likeness (QED) is 0.729. The van der Waals surface area contributed by atoms with E-state index in [2.05, 4.69) is 5.10 Å². The van der Waals surface area contributed by atoms with Crippen molar-refractivity contribution in [2.24, 2.45) is 0 Å². The maximum absolute atomic E-state index is 12.1. The molecular formula is C13H9Cl2N3O. The number of hydrogen-bond donors (Lipinski definition) is 0. The molecule has 0 radical (unpaired) electrons. The molecule has 6 heteroatoms. The number of hydrogen-bond acceptors (Lipinski definition) is 2. The molecule has 3 aromatic rings. The molecule has 2 aromatic heterocycles. The summed E-state index contributed by atoms with van der Waals surface area (Å²) in [5, 5.41) is 5.39. The Hall–Kier alpha value is -1.78. The van der Waals surface area contributed by atoms with Gasteiger partial charge in [0.25, 0.3) is 0 Å². The Morgan fingerprint density at radius 1 is 1.16 bits per heavy atom. The van der Waals surface area contributed by atoms with Gasteiger partial charge in [-0.3, -0.25) is 4.40 Å². The minimum absolute atomic E-state index is 0.202. The Morgan fingerprint density at radius 3 is 2.79 bits per heavy atom. The summed E-state index contributed by atoms with van der Waals surface area (Å²) in [6.07, 6.45) is 1.68. The molecule has 0 unspecified atom stereocenters. The third-order valence-corrected chi connectivity index (χ3v) is 3.42. The lowest BCUT2D eigenvalue weighted by Crippen LogP contribution is -2.21. The van der Waals surface area contributed by atoms with E-state index < -0.39 is 0 Å². The van der Waals surface area contributed by atoms with Gasteiger partial charge in [0.1, 0.15) is 0 Å². The summed E-state index contributed by atoms with van der Waals surface area (Å²) in [7, 11) is 0. The summed E-state index contributed by atoms with van der Waals surface area (Å²) in [5.74, 6) is 0. The molecule has 0 aliphatic carbocycles. The minimum atomic E-state index is -0.202. The van der Waals surface area contributed by atoms with Crippen LogP contribution in [0.5, 0.6) is 0 Å². The summed E-state index contributed by atoms with van der Waals surface area (Å²) in [6.45, 7) is 0.292. The Labute approximate surface area is 118 Å². The van der Waals surface area contributed by atoms with Crippen molar-refractivity contribution in [3.63, 3.8) is 0 Å². The first-order valence-electron chi connectivity index (χ1n) is 5.63. The second-order valence-corrected chi connectivity index (χ2v) is 4.95. The van der Waals surface area contributed by atoms with Crippen LogP contribution in [-0.4, -0.2) is 14.2 Å². The van der Waals surface area contributed by atoms with Crippen LogP contribution in [0.3, 0.4) is 0 Å². The summed E-state index contributed by atoms with van der Waals surface area (Å²) >= 11 is 12.0. The maximum atomic E-state index is 12.1. The van der Waals surface area contributed by atoms with Crippen LogP contribution in [0, 0.1) is 0 Å². The van der Waals surface area contributed by atoms with Crippen LogP contribution in [0.4, 0.5) is 0 Å². The van der Waals surface area contributed by atoms with Crippen LogP contribution in [-0.2, 0) is 6.54 Å². The van der Waals surface area contributed by atoms with Gasteiger partial charge in [-0.25, -0.2) is 9.48 Å². The zero-order valence-electron chi connectivity index (χ0n) is 9.75. The standard InChI is InChI=1S/C13H9Cl2N3O/c14-10-4-5-11(15)9(7-10)8-18-13(19)17-6-2-1-3-12(17)16-18/h1-7H,8H2. The Bertz CT molecular complexity index is 807. The lowest BCUT2D eigenvalue weighted by molar-refractivity contribution is 0.659. The average Bonchev–Trinajstić information content (AvgIpc) is 2.72. The lowest BCUT2D eigenvalue weighted by Gasteiger charge is -2.03. The molecule has 0 bridgehead atoms. The van der Waals surface area contributed by atoms with Crippen LogP contribution in [0.15, 0.2) is 47.4 Å². The Morgan fingerprint density at radius 2 is 2.00 bits per heavy atom. The number of nitrogens with zero attached hydrogens (tertiary/aromatic N) is 3. The van der Waals surface area contributed by atoms with Crippen molar-refractivity contribution in [2.75, 3.05) is 0 Å². The lowest BCUT2D eigenvalue weighted by atomic mass is 10.2. The van der Waals surface area contributed by atoms with Crippen LogP contribution < -0.4 is 5.69 Å². The van der Waals surface area contributed by atoms with Crippen molar-refractivity contribution in [2.45, 2.75) is 6.54 Å². The second-order valence-electron chi connectivity index (χ2n) is 4.10. The second kappa shape index (κ2) is 4.72. The van der Waals surface area contributed by atoms with E-state index in [-0.39, 0.29) is 5.69 Å². The fraction of sp³-hybridized carbons (Fsp3) is 0.0769. The van der Waals surface area contributed by atoms with Crippen LogP contribution in [0.2, 0.25) is 10.0 Å². The maximum Gasteiger partial charge on any atom is 0.350 e. The third-order valence-electron chi connectivity index (χ3n) is 2.82. The van der Waals surface area contributed by atoms with Gasteiger partial charge in [0.05, 0.1) is 6.54 Å². The first-order valence-corrected chi connectivity index (χ1v) is 6.39. The largest absolute Gasteiger partial charge is 0.350 e. The number of benzene rings is 1. The smallest absolute Gasteiger partial charge is 0.250 e. The Kier molecular flexibility index (Phi) is 3.05. The van der Waals surface area contributed by atoms with Gasteiger partial charge in [-0.05, 0) is 35.9 Å². The van der Waals surface area contributed by atoms with E-state index in [4.69, 9.17) is 23.2 Å². The van der Waals surface area contributed by atoms with E-state index in [0.717, 1.165) is 5.56 Å². The molecule has 0 aliphatic rings. The molecule has 0 N–H and O–H groups in total. The SMILES string of the molecule is O=c1n(Cc2cc(Cl)ccc2Cl)nc2ccccn12. The number of fused-ring (bicyclic) bond motifs is 1. The highest BCUT2D eigenvalue weighted by atomic mass is 35.5. The molecule has 1 aromatic carbocycles. The van der Waals surface area contributed by atoms with Crippen molar-refractivity contribution >= 4 is 28.8 Å².